The monoisotopic (exact) mass is 256 g/mol. The zero-order valence-electron chi connectivity index (χ0n) is 11.3. The van der Waals surface area contributed by atoms with E-state index in [4.69, 9.17) is 5.11 Å². The van der Waals surface area contributed by atoms with E-state index in [1.54, 1.807) is 6.92 Å². The van der Waals surface area contributed by atoms with Crippen LogP contribution in [0.3, 0.4) is 0 Å². The number of carboxylic acids is 1. The molecule has 0 aliphatic carbocycles. The second-order valence-corrected chi connectivity index (χ2v) is 5.24. The Kier molecular flexibility index (Phi) is 5.59. The van der Waals surface area contributed by atoms with Crippen molar-refractivity contribution >= 4 is 11.9 Å². The highest BCUT2D eigenvalue weighted by Gasteiger charge is 2.39. The zero-order valence-corrected chi connectivity index (χ0v) is 11.3. The summed E-state index contributed by atoms with van der Waals surface area (Å²) >= 11 is 0. The number of amides is 1. The summed E-state index contributed by atoms with van der Waals surface area (Å²) in [7, 11) is 0. The van der Waals surface area contributed by atoms with E-state index in [1.807, 2.05) is 0 Å². The Balaban J connectivity index is 2.41. The predicted octanol–water partition coefficient (Wildman–Crippen LogP) is 0.993. The van der Waals surface area contributed by atoms with Gasteiger partial charge < -0.3 is 15.7 Å². The van der Waals surface area contributed by atoms with Gasteiger partial charge in [0, 0.05) is 13.1 Å². The van der Waals surface area contributed by atoms with Crippen LogP contribution in [-0.2, 0) is 9.59 Å². The van der Waals surface area contributed by atoms with Crippen LogP contribution in [0.1, 0.15) is 39.5 Å². The molecule has 104 valence electrons. The van der Waals surface area contributed by atoms with Gasteiger partial charge in [-0.1, -0.05) is 20.3 Å². The summed E-state index contributed by atoms with van der Waals surface area (Å²) in [5.41, 5.74) is -0.277. The Morgan fingerprint density at radius 3 is 2.72 bits per heavy atom. The molecule has 1 heterocycles. The summed E-state index contributed by atoms with van der Waals surface area (Å²) in [6.45, 7) is 5.81. The molecule has 0 saturated carbocycles. The summed E-state index contributed by atoms with van der Waals surface area (Å²) in [6.07, 6.45) is 3.23. The van der Waals surface area contributed by atoms with Crippen molar-refractivity contribution < 1.29 is 14.7 Å². The Morgan fingerprint density at radius 2 is 2.22 bits per heavy atom. The van der Waals surface area contributed by atoms with E-state index in [0.717, 1.165) is 32.4 Å². The Morgan fingerprint density at radius 1 is 1.50 bits per heavy atom. The Hall–Kier alpha value is -1.10. The minimum absolute atomic E-state index is 0.0759. The second-order valence-electron chi connectivity index (χ2n) is 5.24. The van der Waals surface area contributed by atoms with Crippen LogP contribution in [0.4, 0.5) is 0 Å². The number of rotatable bonds is 7. The molecule has 1 aliphatic heterocycles. The van der Waals surface area contributed by atoms with E-state index in [9.17, 15) is 9.59 Å². The smallest absolute Gasteiger partial charge is 0.306 e. The fraction of sp³-hybridized carbons (Fsp3) is 0.846. The lowest BCUT2D eigenvalue weighted by molar-refractivity contribution is -0.141. The fourth-order valence-electron chi connectivity index (χ4n) is 2.46. The van der Waals surface area contributed by atoms with Crippen molar-refractivity contribution in [1.29, 1.82) is 0 Å². The molecule has 1 aliphatic rings. The molecular formula is C13H24N2O3. The molecule has 18 heavy (non-hydrogen) atoms. The van der Waals surface area contributed by atoms with Crippen molar-refractivity contribution in [3.05, 3.63) is 0 Å². The molecule has 5 heteroatoms. The third kappa shape index (κ3) is 3.70. The maximum atomic E-state index is 12.2. The van der Waals surface area contributed by atoms with Gasteiger partial charge in [0.05, 0.1) is 11.3 Å². The van der Waals surface area contributed by atoms with Crippen LogP contribution in [0.15, 0.2) is 0 Å². The molecule has 0 radical (unpaired) electrons. The van der Waals surface area contributed by atoms with Crippen LogP contribution >= 0.6 is 0 Å². The number of hydrogen-bond acceptors (Lipinski definition) is 3. The largest absolute Gasteiger partial charge is 0.481 e. The van der Waals surface area contributed by atoms with Crippen LogP contribution < -0.4 is 10.6 Å². The van der Waals surface area contributed by atoms with E-state index in [1.165, 1.54) is 0 Å². The molecule has 1 saturated heterocycles. The summed E-state index contributed by atoms with van der Waals surface area (Å²) in [6, 6.07) is 0. The third-order valence-electron chi connectivity index (χ3n) is 3.74. The Bertz CT molecular complexity index is 299. The number of carbonyl (C=O) groups is 2. The van der Waals surface area contributed by atoms with Crippen molar-refractivity contribution in [2.45, 2.75) is 39.5 Å². The molecule has 5 nitrogen and oxygen atoms in total. The summed E-state index contributed by atoms with van der Waals surface area (Å²) in [5.74, 6) is -1.14. The Labute approximate surface area is 108 Å². The zero-order chi connectivity index (χ0) is 13.6. The van der Waals surface area contributed by atoms with Gasteiger partial charge >= 0.3 is 5.97 Å². The summed E-state index contributed by atoms with van der Waals surface area (Å²) < 4.78 is 0. The number of carbonyl (C=O) groups excluding carboxylic acids is 1. The van der Waals surface area contributed by atoms with Crippen molar-refractivity contribution in [3.63, 3.8) is 0 Å². The lowest BCUT2D eigenvalue weighted by atomic mass is 9.81. The van der Waals surface area contributed by atoms with E-state index in [0.29, 0.717) is 13.0 Å². The maximum Gasteiger partial charge on any atom is 0.306 e. The van der Waals surface area contributed by atoms with Crippen LogP contribution in [0, 0.1) is 11.3 Å². The molecule has 2 atom stereocenters. The molecule has 1 fully saturated rings. The van der Waals surface area contributed by atoms with Crippen molar-refractivity contribution in [2.24, 2.45) is 11.3 Å². The van der Waals surface area contributed by atoms with E-state index in [-0.39, 0.29) is 11.3 Å². The van der Waals surface area contributed by atoms with Gasteiger partial charge in [-0.2, -0.15) is 0 Å². The molecule has 0 aromatic rings. The van der Waals surface area contributed by atoms with Gasteiger partial charge in [-0.25, -0.2) is 0 Å². The molecule has 1 rings (SSSR count). The maximum absolute atomic E-state index is 12.2. The molecule has 2 unspecified atom stereocenters. The lowest BCUT2D eigenvalue weighted by Gasteiger charge is -2.26. The first kappa shape index (κ1) is 15.0. The van der Waals surface area contributed by atoms with Gasteiger partial charge in [0.25, 0.3) is 0 Å². The quantitative estimate of drug-likeness (QED) is 0.635. The first-order chi connectivity index (χ1) is 8.52. The topological polar surface area (TPSA) is 78.4 Å². The van der Waals surface area contributed by atoms with Crippen LogP contribution in [0.5, 0.6) is 0 Å². The summed E-state index contributed by atoms with van der Waals surface area (Å²) in [4.78, 5) is 22.9. The van der Waals surface area contributed by atoms with E-state index < -0.39 is 11.9 Å². The highest BCUT2D eigenvalue weighted by molar-refractivity contribution is 5.83. The molecule has 0 aromatic carbocycles. The highest BCUT2D eigenvalue weighted by Crippen LogP contribution is 2.31. The van der Waals surface area contributed by atoms with Crippen LogP contribution in [0.2, 0.25) is 0 Å². The normalized spacial score (nSPS) is 24.8. The first-order valence-electron chi connectivity index (χ1n) is 6.73. The molecule has 0 aromatic heterocycles. The number of carboxylic acid groups (broad SMARTS) is 1. The van der Waals surface area contributed by atoms with Crippen LogP contribution in [-0.4, -0.2) is 36.6 Å². The minimum Gasteiger partial charge on any atom is -0.481 e. The SMILES string of the molecule is CCCC1(C(=O)NCCC(C)C(=O)O)CCNC1. The fourth-order valence-corrected chi connectivity index (χ4v) is 2.46. The van der Waals surface area contributed by atoms with Crippen molar-refractivity contribution in [2.75, 3.05) is 19.6 Å². The third-order valence-corrected chi connectivity index (χ3v) is 3.74. The highest BCUT2D eigenvalue weighted by atomic mass is 16.4. The first-order valence-corrected chi connectivity index (χ1v) is 6.73. The molecule has 3 N–H and O–H groups in total. The van der Waals surface area contributed by atoms with Gasteiger partial charge in [-0.3, -0.25) is 9.59 Å². The molecule has 0 bridgehead atoms. The molecular weight excluding hydrogens is 232 g/mol. The van der Waals surface area contributed by atoms with Gasteiger partial charge in [0.2, 0.25) is 5.91 Å². The standard InChI is InChI=1S/C13H24N2O3/c1-3-5-13(6-8-14-9-13)12(18)15-7-4-10(2)11(16)17/h10,14H,3-9H2,1-2H3,(H,15,18)(H,16,17). The average molecular weight is 256 g/mol. The average Bonchev–Trinajstić information content (AvgIpc) is 2.79. The lowest BCUT2D eigenvalue weighted by Crippen LogP contribution is -2.43. The van der Waals surface area contributed by atoms with Gasteiger partial charge in [0.1, 0.15) is 0 Å². The van der Waals surface area contributed by atoms with E-state index in [2.05, 4.69) is 17.6 Å². The number of hydrogen-bond donors (Lipinski definition) is 3. The van der Waals surface area contributed by atoms with Gasteiger partial charge in [0.15, 0.2) is 0 Å². The molecule has 1 amide bonds. The number of nitrogens with one attached hydrogen (secondary N) is 2. The van der Waals surface area contributed by atoms with Crippen molar-refractivity contribution in [1.82, 2.24) is 10.6 Å². The van der Waals surface area contributed by atoms with E-state index >= 15 is 0 Å². The molecule has 0 spiro atoms. The summed E-state index contributed by atoms with van der Waals surface area (Å²) in [5, 5.41) is 14.9. The minimum atomic E-state index is -0.810. The number of aliphatic carboxylic acids is 1. The van der Waals surface area contributed by atoms with Gasteiger partial charge in [-0.15, -0.1) is 0 Å². The predicted molar refractivity (Wildman–Crippen MR) is 69.3 cm³/mol. The van der Waals surface area contributed by atoms with Crippen LogP contribution in [0.25, 0.3) is 0 Å². The van der Waals surface area contributed by atoms with Gasteiger partial charge in [-0.05, 0) is 25.8 Å². The van der Waals surface area contributed by atoms with Crippen molar-refractivity contribution in [3.8, 4) is 0 Å². The second kappa shape index (κ2) is 6.73.